The molecule has 8 aromatic carbocycles. The van der Waals surface area contributed by atoms with E-state index >= 15 is 0 Å². The molecule has 0 spiro atoms. The highest BCUT2D eigenvalue weighted by Crippen LogP contribution is 2.48. The lowest BCUT2D eigenvalue weighted by Crippen LogP contribution is -2.70. The Kier molecular flexibility index (Phi) is 14.1. The Morgan fingerprint density at radius 2 is 0.681 bits per heavy atom. The fourth-order valence-corrected chi connectivity index (χ4v) is 27.4. The first-order valence-electron chi connectivity index (χ1n) is 28.8. The molecule has 8 N–H and O–H groups in total. The Bertz CT molecular complexity index is 5710. The standard InChI is InChI=1S/C60H56N10O14S4Si3/c1-89(2,19-7-5-17-61)83-91(84-90(3,4)20-8-6-18-62)69-58-49-27-35-11-15-43(87(77,78)79)23-39(35)31-51(49)59(69)65-53-45-25-33-9-13-41(85(71,72)73)21-37(33)29-47(45)55(63-53)67-57-50-28-36-12-16-44(88(80,81)82)24-40(36)32-52(50)60(70(57)91)66-54-46-26-34-10-14-42(86(74,75)76)22-38(34)30-48(46)56(64-54)68-58/h9-16,21-32H,5-8,17-20,61-62H2,1-4H3,(H,71,72,73)(H,74,75,76)(H,77,78,79)(H,80,81,82). The van der Waals surface area contributed by atoms with Crippen LogP contribution in [0.15, 0.2) is 171 Å². The third kappa shape index (κ3) is 10.5. The number of hydrogen-bond donors (Lipinski definition) is 6. The first-order chi connectivity index (χ1) is 42.9. The maximum absolute atomic E-state index is 13.0. The predicted molar refractivity (Wildman–Crippen MR) is 354 cm³/mol. The summed E-state index contributed by atoms with van der Waals surface area (Å²) in [6, 6.07) is 31.8. The molecule has 14 rings (SSSR count). The van der Waals surface area contributed by atoms with E-state index in [1.807, 2.05) is 20.6 Å². The molecule has 0 amide bonds. The monoisotopic (exact) mass is 1350 g/mol. The van der Waals surface area contributed by atoms with Gasteiger partial charge in [-0.3, -0.25) is 26.7 Å². The Balaban J connectivity index is 1.26. The van der Waals surface area contributed by atoms with E-state index in [0.717, 1.165) is 0 Å². The second-order valence-electron chi connectivity index (χ2n) is 24.2. The molecule has 4 aliphatic heterocycles. The summed E-state index contributed by atoms with van der Waals surface area (Å²) in [4.78, 5) is 31.5. The minimum absolute atomic E-state index is 0.0863. The van der Waals surface area contributed by atoms with E-state index in [2.05, 4.69) is 26.2 Å². The van der Waals surface area contributed by atoms with Gasteiger partial charge in [0.2, 0.25) is 0 Å². The highest BCUT2D eigenvalue weighted by molar-refractivity contribution is 7.86. The van der Waals surface area contributed by atoms with Gasteiger partial charge in [0.15, 0.2) is 40.0 Å². The van der Waals surface area contributed by atoms with Crippen molar-refractivity contribution in [3.8, 4) is 0 Å². The van der Waals surface area contributed by atoms with Crippen molar-refractivity contribution in [2.45, 2.75) is 83.5 Å². The second kappa shape index (κ2) is 21.2. The van der Waals surface area contributed by atoms with Crippen LogP contribution >= 0.6 is 0 Å². The molecule has 91 heavy (non-hydrogen) atoms. The van der Waals surface area contributed by atoms with Gasteiger partial charge in [0.1, 0.15) is 22.6 Å². The number of amidine groups is 4. The number of fused-ring (bicyclic) bond motifs is 18. The molecule has 0 fully saturated rings. The molecule has 0 unspecified atom stereocenters. The summed E-state index contributed by atoms with van der Waals surface area (Å²) in [7, 11) is -30.5. The average molecular weight is 1350 g/mol. The van der Waals surface area contributed by atoms with Gasteiger partial charge in [-0.1, -0.05) is 37.1 Å². The fraction of sp³-hybridized carbons (Fsp3) is 0.200. The van der Waals surface area contributed by atoms with E-state index in [4.69, 9.17) is 49.7 Å². The van der Waals surface area contributed by atoms with Gasteiger partial charge in [0.25, 0.3) is 40.5 Å². The number of benzene rings is 8. The minimum Gasteiger partial charge on any atom is -0.404 e. The molecule has 6 bridgehead atoms. The minimum atomic E-state index is -5.07. The molecule has 4 aliphatic rings. The van der Waals surface area contributed by atoms with Gasteiger partial charge >= 0.3 is 8.88 Å². The van der Waals surface area contributed by atoms with Crippen LogP contribution in [0, 0.1) is 0 Å². The van der Waals surface area contributed by atoms with Crippen molar-refractivity contribution in [2.75, 3.05) is 13.1 Å². The molecule has 6 heterocycles. The predicted octanol–water partition coefficient (Wildman–Crippen LogP) is 8.89. The third-order valence-electron chi connectivity index (χ3n) is 16.9. The molecule has 10 aromatic rings. The largest absolute Gasteiger partial charge is 0.582 e. The maximum atomic E-state index is 13.0. The van der Waals surface area contributed by atoms with Crippen LogP contribution in [-0.4, -0.2) is 122 Å². The van der Waals surface area contributed by atoms with E-state index < -0.39 is 66.0 Å². The highest BCUT2D eigenvalue weighted by Gasteiger charge is 2.58. The summed E-state index contributed by atoms with van der Waals surface area (Å²) in [5.41, 5.74) is 14.4. The smallest absolute Gasteiger partial charge is 0.404 e. The van der Waals surface area contributed by atoms with Gasteiger partial charge in [-0.15, -0.1) is 0 Å². The zero-order valence-corrected chi connectivity index (χ0v) is 55.2. The van der Waals surface area contributed by atoms with Crippen molar-refractivity contribution < 1.29 is 60.1 Å². The Morgan fingerprint density at radius 1 is 0.385 bits per heavy atom. The lowest BCUT2D eigenvalue weighted by atomic mass is 10.0. The number of aliphatic imine (C=N–C) groups is 4. The lowest BCUT2D eigenvalue weighted by molar-refractivity contribution is 0.333. The van der Waals surface area contributed by atoms with E-state index in [1.165, 1.54) is 48.5 Å². The van der Waals surface area contributed by atoms with Gasteiger partial charge in [0, 0.05) is 43.8 Å². The number of aromatic nitrogens is 2. The SMILES string of the molecule is C[Si](C)(CCCCN)O[Si]1(O[Si](C)(C)CCCCN)n2c3c4cc5cc(S(=O)(=O)O)ccc5cc4c2N=C2N=C(N=c4c5cc6cc(S(=O)(=O)O)ccc6cc5c(n41)=NC1=NC(=N3)c3cc4ccc(S(=O)(=O)O)cc4cc31)c1cc3ccc(S(=O)(=O)O)cc3cc12. The maximum Gasteiger partial charge on any atom is 0.582 e. The van der Waals surface area contributed by atoms with Crippen LogP contribution in [0.1, 0.15) is 47.9 Å². The van der Waals surface area contributed by atoms with Gasteiger partial charge < -0.3 is 19.7 Å². The first-order valence-corrected chi connectivity index (χ1v) is 42.5. The zero-order valence-electron chi connectivity index (χ0n) is 48.9. The molecule has 0 radical (unpaired) electrons. The Morgan fingerprint density at radius 3 is 1.03 bits per heavy atom. The molecule has 0 atom stereocenters. The van der Waals surface area contributed by atoms with Crippen LogP contribution < -0.4 is 22.4 Å². The van der Waals surface area contributed by atoms with Crippen molar-refractivity contribution in [1.82, 2.24) is 8.47 Å². The van der Waals surface area contributed by atoms with Crippen molar-refractivity contribution in [3.05, 3.63) is 155 Å². The number of nitrogens with two attached hydrogens (primary N) is 2. The van der Waals surface area contributed by atoms with Crippen LogP contribution in [0.3, 0.4) is 0 Å². The van der Waals surface area contributed by atoms with E-state index in [-0.39, 0.29) is 65.5 Å². The number of unbranched alkanes of at least 4 members (excludes halogenated alkanes) is 2. The fourth-order valence-electron chi connectivity index (χ4n) is 12.6. The zero-order chi connectivity index (χ0) is 64.3. The molecule has 0 aliphatic carbocycles. The molecule has 2 aromatic heterocycles. The number of rotatable bonds is 16. The Labute approximate surface area is 523 Å². The van der Waals surface area contributed by atoms with Gasteiger partial charge in [-0.25, -0.2) is 30.0 Å². The van der Waals surface area contributed by atoms with Crippen LogP contribution in [0.2, 0.25) is 38.3 Å². The van der Waals surface area contributed by atoms with Gasteiger partial charge in [-0.2, -0.15) is 33.7 Å². The van der Waals surface area contributed by atoms with E-state index in [1.54, 1.807) is 60.7 Å². The molecule has 466 valence electrons. The van der Waals surface area contributed by atoms with Crippen LogP contribution in [-0.2, 0) is 48.7 Å². The summed E-state index contributed by atoms with van der Waals surface area (Å²) in [5, 5.41) is 5.15. The lowest BCUT2D eigenvalue weighted by Gasteiger charge is -2.43. The van der Waals surface area contributed by atoms with E-state index in [0.29, 0.717) is 138 Å². The average Bonchev–Trinajstić information content (AvgIpc) is 1.54. The Hall–Kier alpha value is -7.71. The first kappa shape index (κ1) is 60.8. The summed E-state index contributed by atoms with van der Waals surface area (Å²) >= 11 is 0. The topological polar surface area (TPSA) is 372 Å². The van der Waals surface area contributed by atoms with Gasteiger partial charge in [0.05, 0.1) is 19.6 Å². The van der Waals surface area contributed by atoms with Crippen molar-refractivity contribution >= 4 is 166 Å². The number of hydrogen-bond acceptors (Lipinski definition) is 18. The molecule has 24 nitrogen and oxygen atoms in total. The van der Waals surface area contributed by atoms with E-state index in [9.17, 15) is 51.9 Å². The summed E-state index contributed by atoms with van der Waals surface area (Å²) < 4.78 is 165. The van der Waals surface area contributed by atoms with Crippen molar-refractivity contribution in [3.63, 3.8) is 0 Å². The normalized spacial score (nSPS) is 15.6. The molecule has 0 saturated heterocycles. The summed E-state index contributed by atoms with van der Waals surface area (Å²) in [6.45, 7) is 9.11. The molecule has 31 heteroatoms. The second-order valence-corrected chi connectivity index (χ2v) is 41.6. The van der Waals surface area contributed by atoms with Crippen molar-refractivity contribution in [2.24, 2.45) is 41.4 Å². The van der Waals surface area contributed by atoms with Gasteiger partial charge in [-0.05, 0) is 204 Å². The highest BCUT2D eigenvalue weighted by atomic mass is 32.2. The van der Waals surface area contributed by atoms with Crippen LogP contribution in [0.5, 0.6) is 0 Å². The molecular formula is C60H56N10O14S4Si3. The van der Waals surface area contributed by atoms with Crippen LogP contribution in [0.4, 0.5) is 11.6 Å². The van der Waals surface area contributed by atoms with Crippen molar-refractivity contribution in [1.29, 1.82) is 0 Å². The summed E-state index contributed by atoms with van der Waals surface area (Å²) in [6.07, 6.45) is 2.61. The summed E-state index contributed by atoms with van der Waals surface area (Å²) in [5.74, 6) is 0.716. The molecule has 0 saturated carbocycles. The van der Waals surface area contributed by atoms with Crippen LogP contribution in [0.25, 0.3) is 64.6 Å². The quantitative estimate of drug-likeness (QED) is 0.0299. The number of nitrogens with zero attached hydrogens (tertiary/aromatic N) is 8. The molecular weight excluding hydrogens is 1300 g/mol. The third-order valence-corrected chi connectivity index (χ3v) is 31.9.